The lowest BCUT2D eigenvalue weighted by Gasteiger charge is -2.19. The second-order valence-electron chi connectivity index (χ2n) is 11.3. The lowest BCUT2D eigenvalue weighted by molar-refractivity contribution is -0.131. The largest absolute Gasteiger partial charge is 0.343 e. The third-order valence-electron chi connectivity index (χ3n) is 8.09. The van der Waals surface area contributed by atoms with Crippen LogP contribution >= 0.6 is 0 Å². The van der Waals surface area contributed by atoms with E-state index in [-0.39, 0.29) is 29.3 Å². The fraction of sp³-hybridized carbons (Fsp3) is 0.323. The van der Waals surface area contributed by atoms with E-state index in [1.165, 1.54) is 41.3 Å². The number of fused-ring (bicyclic) bond motifs is 1. The van der Waals surface area contributed by atoms with Crippen LogP contribution in [0.1, 0.15) is 55.1 Å². The Bertz CT molecular complexity index is 1730. The summed E-state index contributed by atoms with van der Waals surface area (Å²) in [6.45, 7) is 0. The second kappa shape index (κ2) is 11.1. The van der Waals surface area contributed by atoms with Gasteiger partial charge in [0.15, 0.2) is 0 Å². The van der Waals surface area contributed by atoms with E-state index in [1.54, 1.807) is 26.4 Å². The average Bonchev–Trinajstić information content (AvgIpc) is 3.47. The van der Waals surface area contributed by atoms with Crippen molar-refractivity contribution < 1.29 is 23.2 Å². The lowest BCUT2D eigenvalue weighted by atomic mass is 10.0. The van der Waals surface area contributed by atoms with Crippen molar-refractivity contribution in [3.05, 3.63) is 72.1 Å². The molecule has 4 aromatic rings. The van der Waals surface area contributed by atoms with Crippen molar-refractivity contribution in [2.75, 3.05) is 30.0 Å². The number of halogens is 2. The Morgan fingerprint density at radius 1 is 0.930 bits per heavy atom. The predicted molar refractivity (Wildman–Crippen MR) is 158 cm³/mol. The van der Waals surface area contributed by atoms with E-state index in [0.29, 0.717) is 29.9 Å². The Morgan fingerprint density at radius 2 is 1.58 bits per heavy atom. The number of nitrogens with zero attached hydrogens (tertiary/aromatic N) is 4. The second-order valence-corrected chi connectivity index (χ2v) is 11.3. The molecular formula is C31H31F2N7O3. The van der Waals surface area contributed by atoms with Crippen LogP contribution in [-0.4, -0.2) is 51.3 Å². The fourth-order valence-electron chi connectivity index (χ4n) is 5.53. The molecule has 0 spiro atoms. The van der Waals surface area contributed by atoms with E-state index >= 15 is 4.39 Å². The zero-order valence-corrected chi connectivity index (χ0v) is 23.8. The minimum atomic E-state index is -1.27. The van der Waals surface area contributed by atoms with E-state index in [9.17, 15) is 18.8 Å². The number of anilines is 4. The molecule has 2 aliphatic carbocycles. The summed E-state index contributed by atoms with van der Waals surface area (Å²) in [5.74, 6) is -2.09. The van der Waals surface area contributed by atoms with Crippen LogP contribution in [-0.2, 0) is 9.59 Å². The highest BCUT2D eigenvalue weighted by Gasteiger charge is 2.56. The molecule has 0 aliphatic heterocycles. The van der Waals surface area contributed by atoms with Crippen LogP contribution in [0.25, 0.3) is 11.0 Å². The van der Waals surface area contributed by atoms with Gasteiger partial charge in [0.1, 0.15) is 28.4 Å². The fourth-order valence-corrected chi connectivity index (χ4v) is 5.53. The summed E-state index contributed by atoms with van der Waals surface area (Å²) in [4.78, 5) is 49.3. The summed E-state index contributed by atoms with van der Waals surface area (Å²) in [5, 5.41) is 8.91. The molecule has 0 atom stereocenters. The molecule has 222 valence electrons. The van der Waals surface area contributed by atoms with Crippen molar-refractivity contribution >= 4 is 51.8 Å². The summed E-state index contributed by atoms with van der Waals surface area (Å²) in [7, 11) is 3.42. The van der Waals surface area contributed by atoms with Crippen LogP contribution in [0.2, 0.25) is 0 Å². The van der Waals surface area contributed by atoms with Crippen molar-refractivity contribution in [1.82, 2.24) is 19.4 Å². The smallest absolute Gasteiger partial charge is 0.270 e. The van der Waals surface area contributed by atoms with Crippen molar-refractivity contribution in [3.8, 4) is 0 Å². The minimum Gasteiger partial charge on any atom is -0.343 e. The normalized spacial score (nSPS) is 15.7. The molecule has 2 heterocycles. The third kappa shape index (κ3) is 5.52. The van der Waals surface area contributed by atoms with Gasteiger partial charge in [-0.15, -0.1) is 0 Å². The highest BCUT2D eigenvalue weighted by Crippen LogP contribution is 2.47. The van der Waals surface area contributed by atoms with Crippen LogP contribution < -0.4 is 16.0 Å². The van der Waals surface area contributed by atoms with Crippen molar-refractivity contribution in [2.24, 2.45) is 5.41 Å². The number of carbonyl (C=O) groups is 3. The molecule has 3 amide bonds. The lowest BCUT2D eigenvalue weighted by Crippen LogP contribution is -2.35. The number of amides is 3. The minimum absolute atomic E-state index is 0.0936. The highest BCUT2D eigenvalue weighted by atomic mass is 19.1. The maximum atomic E-state index is 15.2. The number of benzene rings is 2. The molecule has 2 aromatic heterocycles. The third-order valence-corrected chi connectivity index (χ3v) is 8.09. The zero-order chi connectivity index (χ0) is 30.3. The summed E-state index contributed by atoms with van der Waals surface area (Å²) < 4.78 is 30.3. The number of hydrogen-bond donors (Lipinski definition) is 3. The van der Waals surface area contributed by atoms with Crippen molar-refractivity contribution in [2.45, 2.75) is 44.6 Å². The first-order valence-electron chi connectivity index (χ1n) is 14.2. The van der Waals surface area contributed by atoms with E-state index in [0.717, 1.165) is 37.1 Å². The molecule has 0 bridgehead atoms. The summed E-state index contributed by atoms with van der Waals surface area (Å²) in [6, 6.07) is 11.3. The molecule has 12 heteroatoms. The molecule has 2 aromatic carbocycles. The molecule has 2 fully saturated rings. The van der Waals surface area contributed by atoms with Crippen LogP contribution in [0.4, 0.5) is 31.8 Å². The van der Waals surface area contributed by atoms with Gasteiger partial charge in [-0.3, -0.25) is 14.4 Å². The van der Waals surface area contributed by atoms with Crippen LogP contribution in [0.15, 0.2) is 54.7 Å². The Hall–Kier alpha value is -4.87. The van der Waals surface area contributed by atoms with Gasteiger partial charge in [-0.2, -0.15) is 4.98 Å². The van der Waals surface area contributed by atoms with Crippen molar-refractivity contribution in [3.63, 3.8) is 0 Å². The van der Waals surface area contributed by atoms with Gasteiger partial charge in [0, 0.05) is 43.1 Å². The number of hydrogen-bond acceptors (Lipinski definition) is 6. The zero-order valence-electron chi connectivity index (χ0n) is 23.8. The predicted octanol–water partition coefficient (Wildman–Crippen LogP) is 5.63. The van der Waals surface area contributed by atoms with Crippen LogP contribution in [0, 0.1) is 17.0 Å². The van der Waals surface area contributed by atoms with Gasteiger partial charge >= 0.3 is 0 Å². The molecule has 0 unspecified atom stereocenters. The van der Waals surface area contributed by atoms with E-state index in [4.69, 9.17) is 0 Å². The molecule has 0 radical (unpaired) electrons. The van der Waals surface area contributed by atoms with Crippen LogP contribution in [0.5, 0.6) is 0 Å². The Kier molecular flexibility index (Phi) is 7.28. The number of aromatic nitrogens is 3. The molecule has 2 aliphatic rings. The van der Waals surface area contributed by atoms with Gasteiger partial charge in [-0.25, -0.2) is 13.8 Å². The first-order valence-corrected chi connectivity index (χ1v) is 14.2. The highest BCUT2D eigenvalue weighted by molar-refractivity contribution is 6.17. The maximum Gasteiger partial charge on any atom is 0.270 e. The number of rotatable bonds is 8. The molecular weight excluding hydrogens is 556 g/mol. The standard InChI is InChI=1S/C31H31F2N7O3/c1-39(2)27(41)25-15-18-17-34-30(38-26(18)40(25)22-5-3-4-6-22)37-24-12-11-21(16-23(24)33)36-29(43)31(13-14-31)28(42)35-20-9-7-19(32)8-10-20/h7-12,15-17,22H,3-6,13-14H2,1-2H3,(H,35,42)(H,36,43)(H,34,37,38). The van der Waals surface area contributed by atoms with E-state index < -0.39 is 28.9 Å². The first kappa shape index (κ1) is 28.3. The molecule has 0 saturated heterocycles. The van der Waals surface area contributed by atoms with E-state index in [2.05, 4.69) is 25.9 Å². The molecule has 3 N–H and O–H groups in total. The van der Waals surface area contributed by atoms with Gasteiger partial charge in [0.2, 0.25) is 17.8 Å². The van der Waals surface area contributed by atoms with E-state index in [1.807, 2.05) is 4.57 Å². The molecule has 6 rings (SSSR count). The maximum absolute atomic E-state index is 15.2. The SMILES string of the molecule is CN(C)C(=O)c1cc2cnc(Nc3ccc(NC(=O)C4(C(=O)Nc5ccc(F)cc5)CC4)cc3F)nc2n1C1CCCC1. The molecule has 43 heavy (non-hydrogen) atoms. The summed E-state index contributed by atoms with van der Waals surface area (Å²) in [5.41, 5.74) is 0.537. The topological polar surface area (TPSA) is 121 Å². The van der Waals surface area contributed by atoms with Gasteiger partial charge in [-0.1, -0.05) is 12.8 Å². The Morgan fingerprint density at radius 3 is 2.21 bits per heavy atom. The Labute approximate surface area is 246 Å². The van der Waals surface area contributed by atoms with Crippen LogP contribution in [0.3, 0.4) is 0 Å². The summed E-state index contributed by atoms with van der Waals surface area (Å²) >= 11 is 0. The quantitative estimate of drug-likeness (QED) is 0.230. The first-order chi connectivity index (χ1) is 20.6. The van der Waals surface area contributed by atoms with Gasteiger partial charge in [-0.05, 0) is 74.2 Å². The number of carbonyl (C=O) groups excluding carboxylic acids is 3. The van der Waals surface area contributed by atoms with Crippen molar-refractivity contribution in [1.29, 1.82) is 0 Å². The summed E-state index contributed by atoms with van der Waals surface area (Å²) in [6.07, 6.45) is 6.34. The monoisotopic (exact) mass is 587 g/mol. The van der Waals surface area contributed by atoms with Gasteiger partial charge in [0.25, 0.3) is 5.91 Å². The molecule has 10 nitrogen and oxygen atoms in total. The number of nitrogens with one attached hydrogen (secondary N) is 3. The van der Waals surface area contributed by atoms with Gasteiger partial charge in [0.05, 0.1) is 5.69 Å². The molecule has 2 saturated carbocycles. The average molecular weight is 588 g/mol. The van der Waals surface area contributed by atoms with Gasteiger partial charge < -0.3 is 25.4 Å². The Balaban J connectivity index is 1.18.